The summed E-state index contributed by atoms with van der Waals surface area (Å²) in [5, 5.41) is 11.5. The van der Waals surface area contributed by atoms with Crippen LogP contribution in [0.25, 0.3) is 0 Å². The summed E-state index contributed by atoms with van der Waals surface area (Å²) in [6, 6.07) is 0. The van der Waals surface area contributed by atoms with E-state index in [9.17, 15) is 0 Å². The maximum atomic E-state index is 8.53. The molecule has 0 spiro atoms. The first-order valence-electron chi connectivity index (χ1n) is 2.68. The minimum atomic E-state index is 0.521. The molecule has 0 rings (SSSR count). The Labute approximate surface area is 48.5 Å². The first kappa shape index (κ1) is 7.20. The van der Waals surface area contributed by atoms with E-state index in [1.165, 1.54) is 0 Å². The number of nitrogens with two attached hydrogens (primary N) is 1. The van der Waals surface area contributed by atoms with Crippen LogP contribution in [0.2, 0.25) is 0 Å². The number of rotatable bonds is 3. The summed E-state index contributed by atoms with van der Waals surface area (Å²) in [5.74, 6) is 4.71. The second-order valence-corrected chi connectivity index (χ2v) is 1.56. The summed E-state index contributed by atoms with van der Waals surface area (Å²) < 4.78 is 0. The summed E-state index contributed by atoms with van der Waals surface area (Å²) >= 11 is 0. The summed E-state index contributed by atoms with van der Waals surface area (Å²) in [6.07, 6.45) is 1.95. The smallest absolute Gasteiger partial charge is 0.153 e. The zero-order valence-corrected chi connectivity index (χ0v) is 5.04. The van der Waals surface area contributed by atoms with E-state index >= 15 is 0 Å². The summed E-state index contributed by atoms with van der Waals surface area (Å²) in [7, 11) is 0. The molecule has 0 saturated carbocycles. The van der Waals surface area contributed by atoms with Gasteiger partial charge in [0.15, 0.2) is 6.54 Å². The standard InChI is InChI=1S/C4H11N3O/c1-2-3-4-7(8)6-5/h5,8H,2-4H2,1H3/p+1. The number of nitrogens with zero attached hydrogens (tertiary/aromatic N) is 2. The molecule has 0 aliphatic rings. The highest BCUT2D eigenvalue weighted by molar-refractivity contribution is 4.23. The van der Waals surface area contributed by atoms with Crippen molar-refractivity contribution < 1.29 is 10.1 Å². The van der Waals surface area contributed by atoms with Gasteiger partial charge in [0.05, 0.1) is 0 Å². The van der Waals surface area contributed by atoms with E-state index in [2.05, 4.69) is 5.22 Å². The van der Waals surface area contributed by atoms with Crippen molar-refractivity contribution in [1.29, 1.82) is 0 Å². The lowest BCUT2D eigenvalue weighted by Gasteiger charge is -1.88. The van der Waals surface area contributed by atoms with Crippen LogP contribution < -0.4 is 5.84 Å². The molecule has 48 valence electrons. The van der Waals surface area contributed by atoms with Crippen molar-refractivity contribution in [3.63, 3.8) is 0 Å². The molecular weight excluding hydrogens is 106 g/mol. The number of unbranched alkanes of at least 4 members (excludes halogenated alkanes) is 1. The van der Waals surface area contributed by atoms with Crippen LogP contribution in [-0.2, 0) is 0 Å². The highest BCUT2D eigenvalue weighted by atomic mass is 16.5. The Kier molecular flexibility index (Phi) is 3.93. The fourth-order valence-corrected chi connectivity index (χ4v) is 0.357. The van der Waals surface area contributed by atoms with Crippen molar-refractivity contribution in [2.45, 2.75) is 19.8 Å². The average molecular weight is 118 g/mol. The summed E-state index contributed by atoms with van der Waals surface area (Å²) in [5.41, 5.74) is 0. The first-order valence-corrected chi connectivity index (χ1v) is 2.68. The second kappa shape index (κ2) is 4.36. The van der Waals surface area contributed by atoms with Gasteiger partial charge in [-0.1, -0.05) is 13.3 Å². The van der Waals surface area contributed by atoms with Gasteiger partial charge in [-0.05, 0) is 6.42 Å². The van der Waals surface area contributed by atoms with E-state index in [-0.39, 0.29) is 0 Å². The van der Waals surface area contributed by atoms with Gasteiger partial charge in [0.25, 0.3) is 0 Å². The quantitative estimate of drug-likeness (QED) is 0.245. The fraction of sp³-hybridized carbons (Fsp3) is 1.00. The molecule has 3 N–H and O–H groups in total. The molecule has 0 amide bonds. The lowest BCUT2D eigenvalue weighted by molar-refractivity contribution is -0.824. The molecular formula is C4H12N3O+. The van der Waals surface area contributed by atoms with E-state index in [0.29, 0.717) is 6.54 Å². The van der Waals surface area contributed by atoms with Crippen LogP contribution in [-0.4, -0.2) is 16.6 Å². The molecule has 4 heteroatoms. The highest BCUT2D eigenvalue weighted by Crippen LogP contribution is 1.84. The molecule has 0 atom stereocenters. The Morgan fingerprint density at radius 3 is 2.75 bits per heavy atom. The van der Waals surface area contributed by atoms with E-state index in [1.54, 1.807) is 0 Å². The zero-order chi connectivity index (χ0) is 6.41. The summed E-state index contributed by atoms with van der Waals surface area (Å²) in [6.45, 7) is 2.55. The van der Waals surface area contributed by atoms with Gasteiger partial charge in [0.2, 0.25) is 0 Å². The van der Waals surface area contributed by atoms with Gasteiger partial charge in [-0.25, -0.2) is 0 Å². The molecule has 4 nitrogen and oxygen atoms in total. The molecule has 0 unspecified atom stereocenters. The third-order valence-corrected chi connectivity index (χ3v) is 0.845. The van der Waals surface area contributed by atoms with Crippen molar-refractivity contribution in [3.8, 4) is 0 Å². The molecule has 0 aromatic heterocycles. The monoisotopic (exact) mass is 118 g/mol. The van der Waals surface area contributed by atoms with Crippen LogP contribution >= 0.6 is 0 Å². The second-order valence-electron chi connectivity index (χ2n) is 1.56. The van der Waals surface area contributed by atoms with Crippen molar-refractivity contribution in [2.24, 2.45) is 11.1 Å². The Hall–Kier alpha value is -0.800. The van der Waals surface area contributed by atoms with Gasteiger partial charge in [-0.3, -0.25) is 0 Å². The minimum Gasteiger partial charge on any atom is -0.335 e. The van der Waals surface area contributed by atoms with Crippen LogP contribution in [0.3, 0.4) is 0 Å². The Bertz CT molecular complexity index is 81.4. The number of hydrogen-bond acceptors (Lipinski definition) is 1. The molecule has 0 heterocycles. The predicted molar refractivity (Wildman–Crippen MR) is 28.4 cm³/mol. The van der Waals surface area contributed by atoms with Gasteiger partial charge in [-0.15, -0.1) is 0 Å². The van der Waals surface area contributed by atoms with Gasteiger partial charge in [0.1, 0.15) is 5.22 Å². The van der Waals surface area contributed by atoms with E-state index in [4.69, 9.17) is 11.0 Å². The zero-order valence-electron chi connectivity index (χ0n) is 5.04. The van der Waals surface area contributed by atoms with Gasteiger partial charge >= 0.3 is 0 Å². The third kappa shape index (κ3) is 3.39. The SMILES string of the molecule is CCCC[N+](O)=NN. The lowest BCUT2D eigenvalue weighted by Crippen LogP contribution is -2.07. The molecule has 0 aromatic rings. The van der Waals surface area contributed by atoms with Gasteiger partial charge in [-0.2, -0.15) is 5.84 Å². The normalized spacial score (nSPS) is 11.9. The Balaban J connectivity index is 3.12. The average Bonchev–Trinajstić information content (AvgIpc) is 1.83. The maximum absolute atomic E-state index is 8.53. The fourth-order valence-electron chi connectivity index (χ4n) is 0.357. The number of hydroxylamine groups is 1. The maximum Gasteiger partial charge on any atom is 0.153 e. The van der Waals surface area contributed by atoms with E-state index in [0.717, 1.165) is 17.7 Å². The highest BCUT2D eigenvalue weighted by Gasteiger charge is 1.91. The molecule has 0 saturated heterocycles. The van der Waals surface area contributed by atoms with Crippen LogP contribution in [0.5, 0.6) is 0 Å². The summed E-state index contributed by atoms with van der Waals surface area (Å²) in [4.78, 5) is 0.740. The van der Waals surface area contributed by atoms with Crippen molar-refractivity contribution in [2.75, 3.05) is 6.54 Å². The molecule has 0 fully saturated rings. The van der Waals surface area contributed by atoms with E-state index < -0.39 is 0 Å². The van der Waals surface area contributed by atoms with Crippen molar-refractivity contribution in [1.82, 2.24) is 0 Å². The van der Waals surface area contributed by atoms with Gasteiger partial charge in [0, 0.05) is 4.86 Å². The minimum absolute atomic E-state index is 0.521. The van der Waals surface area contributed by atoms with Gasteiger partial charge < -0.3 is 5.21 Å². The predicted octanol–water partition coefficient (Wildman–Crippen LogP) is 0.514. The van der Waals surface area contributed by atoms with Crippen LogP contribution in [0.1, 0.15) is 19.8 Å². The van der Waals surface area contributed by atoms with Crippen molar-refractivity contribution in [3.05, 3.63) is 0 Å². The molecule has 0 bridgehead atoms. The van der Waals surface area contributed by atoms with Crippen molar-refractivity contribution >= 4 is 0 Å². The topological polar surface area (TPSA) is 61.6 Å². The Morgan fingerprint density at radius 1 is 1.75 bits per heavy atom. The Morgan fingerprint density at radius 2 is 2.38 bits per heavy atom. The molecule has 0 aliphatic heterocycles. The number of hydrogen-bond donors (Lipinski definition) is 2. The first-order chi connectivity index (χ1) is 3.81. The lowest BCUT2D eigenvalue weighted by atomic mass is 10.3. The third-order valence-electron chi connectivity index (χ3n) is 0.845. The molecule has 0 aromatic carbocycles. The van der Waals surface area contributed by atoms with Crippen LogP contribution in [0.15, 0.2) is 5.22 Å². The van der Waals surface area contributed by atoms with Crippen LogP contribution in [0.4, 0.5) is 0 Å². The van der Waals surface area contributed by atoms with Crippen LogP contribution in [0, 0.1) is 0 Å². The molecule has 0 aliphatic carbocycles. The molecule has 0 radical (unpaired) electrons. The van der Waals surface area contributed by atoms with E-state index in [1.807, 2.05) is 6.92 Å². The molecule has 8 heavy (non-hydrogen) atoms. The largest absolute Gasteiger partial charge is 0.335 e.